The summed E-state index contributed by atoms with van der Waals surface area (Å²) in [4.78, 5) is 6.14. The molecule has 116 valence electrons. The quantitative estimate of drug-likeness (QED) is 0.629. The monoisotopic (exact) mass is 313 g/mol. The Bertz CT molecular complexity index is 588. The molecule has 0 bridgehead atoms. The van der Waals surface area contributed by atoms with Gasteiger partial charge in [-0.3, -0.25) is 4.99 Å². The number of hydrogen-bond acceptors (Lipinski definition) is 2. The summed E-state index contributed by atoms with van der Waals surface area (Å²) in [7, 11) is 0. The number of guanidine groups is 1. The van der Waals surface area contributed by atoms with Gasteiger partial charge < -0.3 is 10.6 Å². The van der Waals surface area contributed by atoms with E-state index in [2.05, 4.69) is 65.4 Å². The van der Waals surface area contributed by atoms with Crippen LogP contribution in [0.5, 0.6) is 0 Å². The summed E-state index contributed by atoms with van der Waals surface area (Å²) in [5.41, 5.74) is 1.28. The zero-order valence-electron chi connectivity index (χ0n) is 13.0. The largest absolute Gasteiger partial charge is 0.354 e. The Kier molecular flexibility index (Phi) is 5.11. The van der Waals surface area contributed by atoms with Crippen molar-refractivity contribution in [3.8, 4) is 0 Å². The smallest absolute Gasteiger partial charge is 0.191 e. The van der Waals surface area contributed by atoms with E-state index in [4.69, 9.17) is 4.99 Å². The van der Waals surface area contributed by atoms with Crippen molar-refractivity contribution in [1.29, 1.82) is 0 Å². The summed E-state index contributed by atoms with van der Waals surface area (Å²) in [5.74, 6) is 0.940. The van der Waals surface area contributed by atoms with Crippen LogP contribution in [-0.4, -0.2) is 18.5 Å². The summed E-state index contributed by atoms with van der Waals surface area (Å²) in [6.45, 7) is 3.00. The summed E-state index contributed by atoms with van der Waals surface area (Å²) in [6.07, 6.45) is 3.52. The van der Waals surface area contributed by atoms with Crippen LogP contribution in [0.25, 0.3) is 0 Å². The number of nitrogens with one attached hydrogen (secondary N) is 2. The van der Waals surface area contributed by atoms with E-state index >= 15 is 0 Å². The minimum Gasteiger partial charge on any atom is -0.354 e. The number of aliphatic imine (C=N–C) groups is 1. The maximum atomic E-state index is 4.75. The summed E-state index contributed by atoms with van der Waals surface area (Å²) in [5, 5.41) is 9.16. The number of benzene rings is 1. The van der Waals surface area contributed by atoms with Crippen molar-refractivity contribution < 1.29 is 0 Å². The highest BCUT2D eigenvalue weighted by Gasteiger charge is 2.23. The van der Waals surface area contributed by atoms with Crippen molar-refractivity contribution in [3.05, 3.63) is 58.3 Å². The fourth-order valence-corrected chi connectivity index (χ4v) is 3.02. The molecule has 1 heterocycles. The molecule has 1 fully saturated rings. The Morgan fingerprint density at radius 2 is 2.05 bits per heavy atom. The van der Waals surface area contributed by atoms with Gasteiger partial charge in [-0.15, -0.1) is 11.3 Å². The second kappa shape index (κ2) is 7.45. The van der Waals surface area contributed by atoms with E-state index in [1.54, 1.807) is 11.3 Å². The summed E-state index contributed by atoms with van der Waals surface area (Å²) < 4.78 is 0. The van der Waals surface area contributed by atoms with Crippen molar-refractivity contribution in [2.24, 2.45) is 4.99 Å². The molecule has 1 atom stereocenters. The van der Waals surface area contributed by atoms with E-state index in [-0.39, 0.29) is 6.04 Å². The predicted octanol–water partition coefficient (Wildman–Crippen LogP) is 3.75. The lowest BCUT2D eigenvalue weighted by Crippen LogP contribution is -2.40. The fourth-order valence-electron chi connectivity index (χ4n) is 2.32. The molecular weight excluding hydrogens is 290 g/mol. The second-order valence-corrected chi connectivity index (χ2v) is 6.79. The molecule has 0 spiro atoms. The zero-order valence-corrected chi connectivity index (χ0v) is 13.8. The molecule has 1 aromatic heterocycles. The summed E-state index contributed by atoms with van der Waals surface area (Å²) >= 11 is 1.80. The van der Waals surface area contributed by atoms with E-state index in [1.807, 2.05) is 0 Å². The third-order valence-electron chi connectivity index (χ3n) is 3.78. The highest BCUT2D eigenvalue weighted by Crippen LogP contribution is 2.19. The number of nitrogens with zero attached hydrogens (tertiary/aromatic N) is 1. The molecule has 0 radical (unpaired) electrons. The third-order valence-corrected chi connectivity index (χ3v) is 4.72. The van der Waals surface area contributed by atoms with E-state index in [0.29, 0.717) is 6.04 Å². The van der Waals surface area contributed by atoms with Gasteiger partial charge in [-0.2, -0.15) is 0 Å². The molecule has 0 aliphatic heterocycles. The van der Waals surface area contributed by atoms with Crippen LogP contribution in [0.3, 0.4) is 0 Å². The molecule has 1 saturated carbocycles. The lowest BCUT2D eigenvalue weighted by Gasteiger charge is -2.18. The topological polar surface area (TPSA) is 36.4 Å². The lowest BCUT2D eigenvalue weighted by atomic mass is 10.1. The maximum absolute atomic E-state index is 4.75. The Balaban J connectivity index is 1.58. The minimum atomic E-state index is 0.257. The van der Waals surface area contributed by atoms with Gasteiger partial charge in [-0.25, -0.2) is 0 Å². The maximum Gasteiger partial charge on any atom is 0.191 e. The first-order chi connectivity index (χ1) is 10.8. The predicted molar refractivity (Wildman–Crippen MR) is 94.5 cm³/mol. The second-order valence-electron chi connectivity index (χ2n) is 5.76. The molecule has 0 unspecified atom stereocenters. The van der Waals surface area contributed by atoms with Crippen molar-refractivity contribution >= 4 is 17.3 Å². The van der Waals surface area contributed by atoms with E-state index in [9.17, 15) is 0 Å². The van der Waals surface area contributed by atoms with E-state index < -0.39 is 0 Å². The molecule has 2 aromatic rings. The van der Waals surface area contributed by atoms with E-state index in [1.165, 1.54) is 23.3 Å². The van der Waals surface area contributed by atoms with Crippen LogP contribution in [0, 0.1) is 0 Å². The average molecular weight is 313 g/mol. The van der Waals surface area contributed by atoms with Gasteiger partial charge in [-0.1, -0.05) is 36.4 Å². The van der Waals surface area contributed by atoms with Crippen LogP contribution in [0.15, 0.2) is 52.8 Å². The molecule has 4 heteroatoms. The minimum absolute atomic E-state index is 0.257. The standard InChI is InChI=1S/C18H23N3S/c1-14(15-6-3-2-4-7-15)20-18(21-16-9-10-16)19-12-11-17-8-5-13-22-17/h2-8,13-14,16H,9-12H2,1H3,(H2,19,20,21)/t14-/m1/s1. The Morgan fingerprint density at radius 1 is 1.23 bits per heavy atom. The van der Waals surface area contributed by atoms with Gasteiger partial charge >= 0.3 is 0 Å². The molecule has 0 amide bonds. The molecule has 1 aromatic carbocycles. The molecular formula is C18H23N3S. The lowest BCUT2D eigenvalue weighted by molar-refractivity contribution is 0.680. The van der Waals surface area contributed by atoms with Crippen LogP contribution < -0.4 is 10.6 Å². The first-order valence-electron chi connectivity index (χ1n) is 7.96. The molecule has 3 nitrogen and oxygen atoms in total. The molecule has 0 saturated heterocycles. The van der Waals surface area contributed by atoms with Crippen LogP contribution in [0.1, 0.15) is 36.2 Å². The van der Waals surface area contributed by atoms with Crippen LogP contribution in [-0.2, 0) is 6.42 Å². The van der Waals surface area contributed by atoms with E-state index in [0.717, 1.165) is 18.9 Å². The summed E-state index contributed by atoms with van der Waals surface area (Å²) in [6, 6.07) is 15.6. The molecule has 22 heavy (non-hydrogen) atoms. The highest BCUT2D eigenvalue weighted by atomic mass is 32.1. The molecule has 1 aliphatic carbocycles. The van der Waals surface area contributed by atoms with Gasteiger partial charge in [-0.05, 0) is 36.8 Å². The van der Waals surface area contributed by atoms with Crippen molar-refractivity contribution in [1.82, 2.24) is 10.6 Å². The van der Waals surface area contributed by atoms with Crippen LogP contribution in [0.4, 0.5) is 0 Å². The van der Waals surface area contributed by atoms with Crippen molar-refractivity contribution in [2.45, 2.75) is 38.3 Å². The number of hydrogen-bond donors (Lipinski definition) is 2. The normalized spacial score (nSPS) is 16.3. The molecule has 3 rings (SSSR count). The highest BCUT2D eigenvalue weighted by molar-refractivity contribution is 7.09. The van der Waals surface area contributed by atoms with Gasteiger partial charge in [0.05, 0.1) is 6.04 Å². The first-order valence-corrected chi connectivity index (χ1v) is 8.84. The van der Waals surface area contributed by atoms with Gasteiger partial charge in [0.25, 0.3) is 0 Å². The SMILES string of the molecule is C[C@@H](NC(=NCCc1cccs1)NC1CC1)c1ccccc1. The zero-order chi connectivity index (χ0) is 15.2. The van der Waals surface area contributed by atoms with Crippen LogP contribution in [0.2, 0.25) is 0 Å². The average Bonchev–Trinajstić information content (AvgIpc) is 3.20. The Labute approximate surface area is 136 Å². The van der Waals surface area contributed by atoms with Gasteiger partial charge in [0.2, 0.25) is 0 Å². The third kappa shape index (κ3) is 4.60. The Hall–Kier alpha value is -1.81. The first kappa shape index (κ1) is 15.1. The van der Waals surface area contributed by atoms with Gasteiger partial charge in [0, 0.05) is 23.9 Å². The van der Waals surface area contributed by atoms with Crippen LogP contribution >= 0.6 is 11.3 Å². The van der Waals surface area contributed by atoms with Crippen molar-refractivity contribution in [3.63, 3.8) is 0 Å². The molecule has 1 aliphatic rings. The van der Waals surface area contributed by atoms with Gasteiger partial charge in [0.15, 0.2) is 5.96 Å². The number of thiophene rings is 1. The number of rotatable bonds is 6. The molecule has 2 N–H and O–H groups in total. The Morgan fingerprint density at radius 3 is 2.73 bits per heavy atom. The van der Waals surface area contributed by atoms with Crippen molar-refractivity contribution in [2.75, 3.05) is 6.54 Å². The van der Waals surface area contributed by atoms with Gasteiger partial charge in [0.1, 0.15) is 0 Å². The fraction of sp³-hybridized carbons (Fsp3) is 0.389.